The standard InChI is InChI=1S/C36H72N2O5/c1-5-9-11-13-15-17-19-21-23-25-27-29-42-34(7-3)37-32(36(40)41)31-33(39)38-35(8-4)43-30-28-26-24-22-20-18-16-14-12-10-6-2/h32,34-35,37H,5-31H2,1-4H3,(H,38,39)(H,40,41)/t32-,34?,35?/m0/s1. The predicted octanol–water partition coefficient (Wildman–Crippen LogP) is 9.66. The zero-order valence-electron chi connectivity index (χ0n) is 28.9. The van der Waals surface area contributed by atoms with Crippen molar-refractivity contribution in [2.75, 3.05) is 13.2 Å². The number of ether oxygens (including phenoxy) is 2. The molecule has 1 amide bonds. The van der Waals surface area contributed by atoms with E-state index in [4.69, 9.17) is 9.47 Å². The second-order valence-corrected chi connectivity index (χ2v) is 12.4. The topological polar surface area (TPSA) is 96.9 Å². The maximum atomic E-state index is 12.7. The van der Waals surface area contributed by atoms with Gasteiger partial charge in [-0.05, 0) is 25.7 Å². The summed E-state index contributed by atoms with van der Waals surface area (Å²) in [5.41, 5.74) is 0. The van der Waals surface area contributed by atoms with E-state index in [9.17, 15) is 14.7 Å². The molecule has 0 fully saturated rings. The van der Waals surface area contributed by atoms with Crippen LogP contribution in [0.1, 0.15) is 188 Å². The van der Waals surface area contributed by atoms with Crippen LogP contribution in [0, 0.1) is 0 Å². The number of carbonyl (C=O) groups is 2. The van der Waals surface area contributed by atoms with Crippen LogP contribution in [0.25, 0.3) is 0 Å². The van der Waals surface area contributed by atoms with E-state index in [2.05, 4.69) is 24.5 Å². The van der Waals surface area contributed by atoms with Gasteiger partial charge in [0, 0.05) is 13.2 Å². The maximum Gasteiger partial charge on any atom is 0.321 e. The van der Waals surface area contributed by atoms with Crippen LogP contribution in [0.15, 0.2) is 0 Å². The molecular formula is C36H72N2O5. The molecule has 0 aromatic rings. The van der Waals surface area contributed by atoms with Gasteiger partial charge in [0.05, 0.1) is 6.42 Å². The molecule has 0 aromatic heterocycles. The van der Waals surface area contributed by atoms with E-state index >= 15 is 0 Å². The highest BCUT2D eigenvalue weighted by atomic mass is 16.5. The number of carboxylic acids is 1. The molecule has 0 heterocycles. The molecule has 0 saturated carbocycles. The second kappa shape index (κ2) is 32.2. The zero-order valence-corrected chi connectivity index (χ0v) is 28.9. The van der Waals surface area contributed by atoms with Gasteiger partial charge in [0.25, 0.3) is 0 Å². The van der Waals surface area contributed by atoms with Crippen molar-refractivity contribution >= 4 is 11.9 Å². The summed E-state index contributed by atoms with van der Waals surface area (Å²) in [6.07, 6.45) is 28.5. The van der Waals surface area contributed by atoms with Crippen LogP contribution in [0.5, 0.6) is 0 Å². The number of hydrogen-bond donors (Lipinski definition) is 3. The Balaban J connectivity index is 4.04. The Morgan fingerprint density at radius 3 is 1.23 bits per heavy atom. The fourth-order valence-corrected chi connectivity index (χ4v) is 5.39. The fraction of sp³-hybridized carbons (Fsp3) is 0.944. The molecule has 7 heteroatoms. The van der Waals surface area contributed by atoms with E-state index in [1.807, 2.05) is 13.8 Å². The summed E-state index contributed by atoms with van der Waals surface area (Å²) in [6.45, 7) is 9.66. The number of aliphatic carboxylic acids is 1. The number of rotatable bonds is 34. The van der Waals surface area contributed by atoms with Crippen molar-refractivity contribution in [3.05, 3.63) is 0 Å². The number of unbranched alkanes of at least 4 members (excludes halogenated alkanes) is 20. The first kappa shape index (κ1) is 41.8. The summed E-state index contributed by atoms with van der Waals surface area (Å²) in [6, 6.07) is -0.994. The van der Waals surface area contributed by atoms with Gasteiger partial charge < -0.3 is 19.9 Å². The van der Waals surface area contributed by atoms with Crippen LogP contribution >= 0.6 is 0 Å². The molecule has 0 aromatic carbocycles. The Hall–Kier alpha value is -1.18. The van der Waals surface area contributed by atoms with E-state index in [1.54, 1.807) is 0 Å². The minimum Gasteiger partial charge on any atom is -0.480 e. The van der Waals surface area contributed by atoms with Crippen molar-refractivity contribution in [2.45, 2.75) is 207 Å². The van der Waals surface area contributed by atoms with Gasteiger partial charge in [0.15, 0.2) is 0 Å². The molecule has 43 heavy (non-hydrogen) atoms. The molecule has 0 aliphatic carbocycles. The van der Waals surface area contributed by atoms with Gasteiger partial charge in [-0.1, -0.05) is 156 Å². The molecule has 256 valence electrons. The van der Waals surface area contributed by atoms with Crippen LogP contribution in [0.3, 0.4) is 0 Å². The third-order valence-electron chi connectivity index (χ3n) is 8.27. The molecular weight excluding hydrogens is 540 g/mol. The molecule has 7 nitrogen and oxygen atoms in total. The van der Waals surface area contributed by atoms with Crippen LogP contribution < -0.4 is 10.6 Å². The Kier molecular flexibility index (Phi) is 31.3. The number of amides is 1. The van der Waals surface area contributed by atoms with Crippen molar-refractivity contribution in [2.24, 2.45) is 0 Å². The number of carboxylic acid groups (broad SMARTS) is 1. The molecule has 2 unspecified atom stereocenters. The van der Waals surface area contributed by atoms with Gasteiger partial charge >= 0.3 is 5.97 Å². The van der Waals surface area contributed by atoms with Gasteiger partial charge in [-0.15, -0.1) is 0 Å². The average Bonchev–Trinajstić information content (AvgIpc) is 3.00. The third-order valence-corrected chi connectivity index (χ3v) is 8.27. The summed E-state index contributed by atoms with van der Waals surface area (Å²) in [7, 11) is 0. The quantitative estimate of drug-likeness (QED) is 0.0494. The van der Waals surface area contributed by atoms with Gasteiger partial charge in [-0.3, -0.25) is 14.9 Å². The van der Waals surface area contributed by atoms with Crippen LogP contribution in [-0.2, 0) is 19.1 Å². The SMILES string of the molecule is CCCCCCCCCCCCCOC(CC)NC(=O)C[C@H](NC(CC)OCCCCCCCCCCCCC)C(=O)O. The van der Waals surface area contributed by atoms with E-state index in [1.165, 1.54) is 116 Å². The molecule has 0 spiro atoms. The van der Waals surface area contributed by atoms with Crippen molar-refractivity contribution in [3.8, 4) is 0 Å². The summed E-state index contributed by atoms with van der Waals surface area (Å²) in [4.78, 5) is 24.5. The Morgan fingerprint density at radius 1 is 0.535 bits per heavy atom. The van der Waals surface area contributed by atoms with Crippen molar-refractivity contribution in [3.63, 3.8) is 0 Å². The van der Waals surface area contributed by atoms with Crippen molar-refractivity contribution in [1.29, 1.82) is 0 Å². The Morgan fingerprint density at radius 2 is 0.884 bits per heavy atom. The highest BCUT2D eigenvalue weighted by Crippen LogP contribution is 2.13. The molecule has 0 aliphatic heterocycles. The molecule has 0 saturated heterocycles. The van der Waals surface area contributed by atoms with E-state index in [0.717, 1.165) is 25.7 Å². The fourth-order valence-electron chi connectivity index (χ4n) is 5.39. The summed E-state index contributed by atoms with van der Waals surface area (Å²) >= 11 is 0. The van der Waals surface area contributed by atoms with E-state index < -0.39 is 12.0 Å². The second-order valence-electron chi connectivity index (χ2n) is 12.4. The van der Waals surface area contributed by atoms with Crippen LogP contribution in [-0.4, -0.2) is 48.7 Å². The van der Waals surface area contributed by atoms with Gasteiger partial charge in [-0.2, -0.15) is 0 Å². The smallest absolute Gasteiger partial charge is 0.321 e. The minimum absolute atomic E-state index is 0.147. The predicted molar refractivity (Wildman–Crippen MR) is 180 cm³/mol. The highest BCUT2D eigenvalue weighted by Gasteiger charge is 2.25. The molecule has 0 radical (unpaired) electrons. The molecule has 0 bridgehead atoms. The average molecular weight is 613 g/mol. The summed E-state index contributed by atoms with van der Waals surface area (Å²) in [5, 5.41) is 15.6. The normalized spacial score (nSPS) is 13.6. The lowest BCUT2D eigenvalue weighted by molar-refractivity contribution is -0.144. The first-order valence-electron chi connectivity index (χ1n) is 18.5. The highest BCUT2D eigenvalue weighted by molar-refractivity contribution is 5.84. The monoisotopic (exact) mass is 613 g/mol. The lowest BCUT2D eigenvalue weighted by Gasteiger charge is -2.24. The zero-order chi connectivity index (χ0) is 31.8. The minimum atomic E-state index is -1.04. The largest absolute Gasteiger partial charge is 0.480 e. The first-order valence-corrected chi connectivity index (χ1v) is 18.5. The van der Waals surface area contributed by atoms with Crippen LogP contribution in [0.2, 0.25) is 0 Å². The lowest BCUT2D eigenvalue weighted by atomic mass is 10.1. The van der Waals surface area contributed by atoms with Gasteiger partial charge in [-0.25, -0.2) is 0 Å². The first-order chi connectivity index (χ1) is 21.0. The molecule has 3 N–H and O–H groups in total. The number of nitrogens with one attached hydrogen (secondary N) is 2. The number of carbonyl (C=O) groups excluding carboxylic acids is 1. The Labute approximate surface area is 266 Å². The van der Waals surface area contributed by atoms with Gasteiger partial charge in [0.1, 0.15) is 18.5 Å². The third kappa shape index (κ3) is 28.1. The summed E-state index contributed by atoms with van der Waals surface area (Å²) < 4.78 is 11.8. The molecule has 0 aliphatic rings. The Bertz CT molecular complexity index is 618. The van der Waals surface area contributed by atoms with Crippen molar-refractivity contribution in [1.82, 2.24) is 10.6 Å². The van der Waals surface area contributed by atoms with Gasteiger partial charge in [0.2, 0.25) is 5.91 Å². The summed E-state index contributed by atoms with van der Waals surface area (Å²) in [5.74, 6) is -1.35. The molecule has 3 atom stereocenters. The van der Waals surface area contributed by atoms with Crippen LogP contribution in [0.4, 0.5) is 0 Å². The lowest BCUT2D eigenvalue weighted by Crippen LogP contribution is -2.48. The molecule has 0 rings (SSSR count). The van der Waals surface area contributed by atoms with E-state index in [-0.39, 0.29) is 24.8 Å². The van der Waals surface area contributed by atoms with E-state index in [0.29, 0.717) is 26.1 Å². The van der Waals surface area contributed by atoms with Crippen molar-refractivity contribution < 1.29 is 24.2 Å². The number of hydrogen-bond acceptors (Lipinski definition) is 5. The maximum absolute atomic E-state index is 12.7.